The summed E-state index contributed by atoms with van der Waals surface area (Å²) >= 11 is 0. The first-order valence-corrected chi connectivity index (χ1v) is 6.01. The zero-order chi connectivity index (χ0) is 14.5. The topological polar surface area (TPSA) is 39.1 Å². The van der Waals surface area contributed by atoms with E-state index in [0.717, 1.165) is 10.7 Å². The Kier molecular flexibility index (Phi) is 4.75. The lowest BCUT2D eigenvalue weighted by Gasteiger charge is -2.05. The molecule has 0 aliphatic heterocycles. The molecule has 1 aromatic carbocycles. The van der Waals surface area contributed by atoms with E-state index in [1.165, 1.54) is 6.20 Å². The molecule has 0 bridgehead atoms. The third kappa shape index (κ3) is 3.37. The number of ether oxygens (including phenoxy) is 1. The highest BCUT2D eigenvalue weighted by Gasteiger charge is 2.13. The van der Waals surface area contributed by atoms with Crippen LogP contribution in [0.3, 0.4) is 0 Å². The van der Waals surface area contributed by atoms with Crippen molar-refractivity contribution in [2.45, 2.75) is 6.54 Å². The Balaban J connectivity index is 2.12. The first-order chi connectivity index (χ1) is 9.61. The van der Waals surface area contributed by atoms with Crippen LogP contribution in [0.15, 0.2) is 24.4 Å². The molecule has 0 spiro atoms. The van der Waals surface area contributed by atoms with Crippen LogP contribution in [0.2, 0.25) is 0 Å². The van der Waals surface area contributed by atoms with Gasteiger partial charge in [0.05, 0.1) is 12.3 Å². The van der Waals surface area contributed by atoms with Gasteiger partial charge in [0.2, 0.25) is 0 Å². The van der Waals surface area contributed by atoms with Crippen molar-refractivity contribution in [3.05, 3.63) is 47.5 Å². The fourth-order valence-corrected chi connectivity index (χ4v) is 1.69. The number of benzene rings is 1. The molecule has 1 N–H and O–H groups in total. The second kappa shape index (κ2) is 6.53. The Labute approximate surface area is 114 Å². The van der Waals surface area contributed by atoms with Crippen LogP contribution < -0.4 is 5.32 Å². The van der Waals surface area contributed by atoms with E-state index >= 15 is 0 Å². The van der Waals surface area contributed by atoms with Gasteiger partial charge < -0.3 is 10.1 Å². The molecule has 4 nitrogen and oxygen atoms in total. The third-order valence-electron chi connectivity index (χ3n) is 2.65. The number of nitrogens with one attached hydrogen (secondary N) is 1. The van der Waals surface area contributed by atoms with E-state index in [0.29, 0.717) is 31.5 Å². The molecular weight excluding hydrogens is 271 g/mol. The predicted molar refractivity (Wildman–Crippen MR) is 67.0 cm³/mol. The molecule has 0 fully saturated rings. The molecule has 1 aromatic heterocycles. The second-order valence-corrected chi connectivity index (χ2v) is 4.14. The summed E-state index contributed by atoms with van der Waals surface area (Å²) in [6.07, 6.45) is 1.45. The van der Waals surface area contributed by atoms with Crippen molar-refractivity contribution < 1.29 is 17.9 Å². The van der Waals surface area contributed by atoms with Crippen LogP contribution in [0.5, 0.6) is 0 Å². The van der Waals surface area contributed by atoms with Crippen LogP contribution in [0.4, 0.5) is 13.2 Å². The first-order valence-electron chi connectivity index (χ1n) is 6.01. The van der Waals surface area contributed by atoms with Crippen LogP contribution in [0.1, 0.15) is 5.69 Å². The fraction of sp³-hybridized carbons (Fsp3) is 0.308. The van der Waals surface area contributed by atoms with Gasteiger partial charge in [0.25, 0.3) is 0 Å². The summed E-state index contributed by atoms with van der Waals surface area (Å²) in [5.41, 5.74) is 0.371. The van der Waals surface area contributed by atoms with Crippen molar-refractivity contribution >= 4 is 0 Å². The van der Waals surface area contributed by atoms with Gasteiger partial charge in [0.15, 0.2) is 11.6 Å². The SMILES string of the molecule is COCCNCc1ccn(-c2cc(F)cc(F)c2F)n1. The molecule has 108 valence electrons. The Bertz CT molecular complexity index is 586. The highest BCUT2D eigenvalue weighted by Crippen LogP contribution is 2.18. The Morgan fingerprint density at radius 2 is 2.10 bits per heavy atom. The van der Waals surface area contributed by atoms with E-state index in [4.69, 9.17) is 4.74 Å². The summed E-state index contributed by atoms with van der Waals surface area (Å²) < 4.78 is 45.8. The molecule has 2 rings (SSSR count). The second-order valence-electron chi connectivity index (χ2n) is 4.14. The third-order valence-corrected chi connectivity index (χ3v) is 2.65. The molecular formula is C13H14F3N3O. The molecule has 0 amide bonds. The van der Waals surface area contributed by atoms with Crippen molar-refractivity contribution in [1.82, 2.24) is 15.1 Å². The van der Waals surface area contributed by atoms with E-state index in [1.54, 1.807) is 13.2 Å². The van der Waals surface area contributed by atoms with Crippen molar-refractivity contribution in [2.75, 3.05) is 20.3 Å². The summed E-state index contributed by atoms with van der Waals surface area (Å²) in [4.78, 5) is 0. The lowest BCUT2D eigenvalue weighted by atomic mass is 10.3. The lowest BCUT2D eigenvalue weighted by molar-refractivity contribution is 0.199. The van der Waals surface area contributed by atoms with Gasteiger partial charge >= 0.3 is 0 Å². The summed E-state index contributed by atoms with van der Waals surface area (Å²) in [7, 11) is 1.59. The van der Waals surface area contributed by atoms with Crippen LogP contribution >= 0.6 is 0 Å². The minimum absolute atomic E-state index is 0.259. The highest BCUT2D eigenvalue weighted by molar-refractivity contribution is 5.34. The normalized spacial score (nSPS) is 11.0. The molecule has 0 aliphatic rings. The first kappa shape index (κ1) is 14.5. The van der Waals surface area contributed by atoms with E-state index in [-0.39, 0.29) is 5.69 Å². The fourth-order valence-electron chi connectivity index (χ4n) is 1.69. The van der Waals surface area contributed by atoms with E-state index in [1.807, 2.05) is 0 Å². The van der Waals surface area contributed by atoms with Crippen molar-refractivity contribution in [2.24, 2.45) is 0 Å². The Morgan fingerprint density at radius 1 is 1.30 bits per heavy atom. The van der Waals surface area contributed by atoms with Crippen molar-refractivity contribution in [3.63, 3.8) is 0 Å². The average Bonchev–Trinajstić information content (AvgIpc) is 2.87. The van der Waals surface area contributed by atoms with Gasteiger partial charge in [-0.05, 0) is 6.07 Å². The largest absolute Gasteiger partial charge is 0.383 e. The Hall–Kier alpha value is -1.86. The number of aromatic nitrogens is 2. The van der Waals surface area contributed by atoms with Crippen molar-refractivity contribution in [1.29, 1.82) is 0 Å². The van der Waals surface area contributed by atoms with E-state index in [9.17, 15) is 13.2 Å². The molecule has 0 saturated carbocycles. The van der Waals surface area contributed by atoms with Gasteiger partial charge in [-0.15, -0.1) is 0 Å². The van der Waals surface area contributed by atoms with Crippen LogP contribution in [0, 0.1) is 17.5 Å². The number of hydrogen-bond acceptors (Lipinski definition) is 3. The van der Waals surface area contributed by atoms with Crippen LogP contribution in [-0.2, 0) is 11.3 Å². The number of nitrogens with zero attached hydrogens (tertiary/aromatic N) is 2. The molecule has 0 aliphatic carbocycles. The molecule has 2 aromatic rings. The molecule has 0 unspecified atom stereocenters. The molecule has 7 heteroatoms. The quantitative estimate of drug-likeness (QED) is 0.652. The highest BCUT2D eigenvalue weighted by atomic mass is 19.2. The molecule has 0 saturated heterocycles. The average molecular weight is 285 g/mol. The van der Waals surface area contributed by atoms with Crippen molar-refractivity contribution in [3.8, 4) is 5.69 Å². The van der Waals surface area contributed by atoms with Gasteiger partial charge in [-0.25, -0.2) is 17.9 Å². The zero-order valence-corrected chi connectivity index (χ0v) is 10.9. The molecule has 1 heterocycles. The van der Waals surface area contributed by atoms with Gasteiger partial charge in [0.1, 0.15) is 11.5 Å². The molecule has 20 heavy (non-hydrogen) atoms. The standard InChI is InChI=1S/C13H14F3N3O/c1-20-5-3-17-8-10-2-4-19(18-10)12-7-9(14)6-11(15)13(12)16/h2,4,6-7,17H,3,5,8H2,1H3. The number of rotatable bonds is 6. The van der Waals surface area contributed by atoms with Gasteiger partial charge in [-0.3, -0.25) is 0 Å². The lowest BCUT2D eigenvalue weighted by Crippen LogP contribution is -2.19. The number of methoxy groups -OCH3 is 1. The maximum absolute atomic E-state index is 13.6. The van der Waals surface area contributed by atoms with E-state index in [2.05, 4.69) is 10.4 Å². The maximum Gasteiger partial charge on any atom is 0.184 e. The summed E-state index contributed by atoms with van der Waals surface area (Å²) in [6, 6.07) is 3.03. The van der Waals surface area contributed by atoms with Gasteiger partial charge in [-0.2, -0.15) is 5.10 Å². The maximum atomic E-state index is 13.6. The predicted octanol–water partition coefficient (Wildman–Crippen LogP) is 2.03. The minimum Gasteiger partial charge on any atom is -0.383 e. The number of halogens is 3. The van der Waals surface area contributed by atoms with Crippen LogP contribution in [-0.4, -0.2) is 30.0 Å². The van der Waals surface area contributed by atoms with Crippen LogP contribution in [0.25, 0.3) is 5.69 Å². The van der Waals surface area contributed by atoms with E-state index < -0.39 is 17.5 Å². The van der Waals surface area contributed by atoms with Gasteiger partial charge in [0, 0.05) is 38.5 Å². The smallest absolute Gasteiger partial charge is 0.184 e. The zero-order valence-electron chi connectivity index (χ0n) is 10.9. The number of hydrogen-bond donors (Lipinski definition) is 1. The summed E-state index contributed by atoms with van der Waals surface area (Å²) in [5, 5.41) is 7.12. The molecule has 0 radical (unpaired) electrons. The minimum atomic E-state index is -1.24. The van der Waals surface area contributed by atoms with Gasteiger partial charge in [-0.1, -0.05) is 0 Å². The Morgan fingerprint density at radius 3 is 2.85 bits per heavy atom. The summed E-state index contributed by atoms with van der Waals surface area (Å²) in [5.74, 6) is -3.22. The molecule has 0 atom stereocenters. The summed E-state index contributed by atoms with van der Waals surface area (Å²) in [6.45, 7) is 1.66. The monoisotopic (exact) mass is 285 g/mol.